The third-order valence-corrected chi connectivity index (χ3v) is 8.39. The number of carbonyl (C=O) groups is 3. The van der Waals surface area contributed by atoms with E-state index in [4.69, 9.17) is 14.2 Å². The van der Waals surface area contributed by atoms with E-state index in [-0.39, 0.29) is 40.5 Å². The van der Waals surface area contributed by atoms with Gasteiger partial charge in [0, 0.05) is 42.0 Å². The monoisotopic (exact) mass is 571 g/mol. The van der Waals surface area contributed by atoms with Crippen LogP contribution >= 0.6 is 0 Å². The summed E-state index contributed by atoms with van der Waals surface area (Å²) < 4.78 is 17.3. The lowest BCUT2D eigenvalue weighted by Crippen LogP contribution is -2.54. The average molecular weight is 572 g/mol. The Kier molecular flexibility index (Phi) is 7.43. The highest BCUT2D eigenvalue weighted by atomic mass is 16.7. The number of carbonyl (C=O) groups excluding carboxylic acids is 3. The number of ketones is 3. The summed E-state index contributed by atoms with van der Waals surface area (Å²) in [4.78, 5) is 41.8. The Labute approximate surface area is 235 Å². The summed E-state index contributed by atoms with van der Waals surface area (Å²) in [5, 5.41) is 54.5. The summed E-state index contributed by atoms with van der Waals surface area (Å²) in [6.45, 7) is 0.651. The Bertz CT molecular complexity index is 1440. The number of rotatable bonds is 6. The molecule has 0 radical (unpaired) electrons. The standard InChI is InChI=1S/C29H33NO11/c1-12-24(33)15(30(2)3)8-19(40-12)41-17-10-29(38,18(32)11-31)9-14-21(17)28(37)23-22(26(14)35)25(34)13-6-5-7-16(39-4)20(13)27(23)36/h5-7,12,15,17,19,24,31,33,35,37-38H,8-11H2,1-4H3/t12-,15-,17-,19+,24-,29+/m1/s1. The Hall–Kier alpha value is -3.39. The summed E-state index contributed by atoms with van der Waals surface area (Å²) in [6, 6.07) is 4.02. The van der Waals surface area contributed by atoms with Crippen LogP contribution in [0, 0.1) is 0 Å². The average Bonchev–Trinajstić information content (AvgIpc) is 2.94. The maximum Gasteiger partial charge on any atom is 0.202 e. The van der Waals surface area contributed by atoms with Crippen LogP contribution in [-0.2, 0) is 20.7 Å². The molecule has 2 aromatic carbocycles. The van der Waals surface area contributed by atoms with E-state index in [0.717, 1.165) is 0 Å². The summed E-state index contributed by atoms with van der Waals surface area (Å²) in [7, 11) is 4.89. The molecule has 3 aliphatic rings. The predicted molar refractivity (Wildman–Crippen MR) is 141 cm³/mol. The molecular formula is C29H33NO11. The molecule has 0 spiro atoms. The number of nitrogens with zero attached hydrogens (tertiary/aromatic N) is 1. The van der Waals surface area contributed by atoms with Crippen molar-refractivity contribution in [2.75, 3.05) is 27.8 Å². The van der Waals surface area contributed by atoms with E-state index < -0.39 is 89.6 Å². The normalized spacial score (nSPS) is 29.1. The molecule has 0 amide bonds. The van der Waals surface area contributed by atoms with Gasteiger partial charge in [-0.05, 0) is 27.1 Å². The van der Waals surface area contributed by atoms with E-state index in [2.05, 4.69) is 0 Å². The topological polar surface area (TPSA) is 183 Å². The van der Waals surface area contributed by atoms with Crippen LogP contribution in [0.1, 0.15) is 68.8 Å². The number of ether oxygens (including phenoxy) is 3. The molecule has 41 heavy (non-hydrogen) atoms. The van der Waals surface area contributed by atoms with Gasteiger partial charge in [-0.25, -0.2) is 0 Å². The molecule has 0 aromatic heterocycles. The van der Waals surface area contributed by atoms with Gasteiger partial charge in [0.1, 0.15) is 29.5 Å². The quantitative estimate of drug-likeness (QED) is 0.260. The van der Waals surface area contributed by atoms with E-state index in [0.29, 0.717) is 0 Å². The minimum atomic E-state index is -2.23. The van der Waals surface area contributed by atoms with Crippen LogP contribution in [0.25, 0.3) is 0 Å². The fraction of sp³-hybridized carbons (Fsp3) is 0.483. The maximum absolute atomic E-state index is 13.7. The minimum Gasteiger partial charge on any atom is -0.507 e. The first-order chi connectivity index (χ1) is 19.3. The third kappa shape index (κ3) is 4.51. The van der Waals surface area contributed by atoms with Gasteiger partial charge in [0.2, 0.25) is 5.78 Å². The smallest absolute Gasteiger partial charge is 0.202 e. The summed E-state index contributed by atoms with van der Waals surface area (Å²) in [6.07, 6.45) is -4.61. The Morgan fingerprint density at radius 1 is 1.12 bits per heavy atom. The molecular weight excluding hydrogens is 538 g/mol. The molecule has 220 valence electrons. The van der Waals surface area contributed by atoms with Gasteiger partial charge in [-0.3, -0.25) is 14.4 Å². The fourth-order valence-electron chi connectivity index (χ4n) is 6.21. The predicted octanol–water partition coefficient (Wildman–Crippen LogP) is 0.604. The van der Waals surface area contributed by atoms with E-state index >= 15 is 0 Å². The van der Waals surface area contributed by atoms with Crippen LogP contribution in [0.5, 0.6) is 17.2 Å². The number of aliphatic hydroxyl groups excluding tert-OH is 2. The summed E-state index contributed by atoms with van der Waals surface area (Å²) in [5.74, 6) is -3.68. The molecule has 0 bridgehead atoms. The maximum atomic E-state index is 13.7. The van der Waals surface area contributed by atoms with Crippen molar-refractivity contribution in [3.8, 4) is 17.2 Å². The van der Waals surface area contributed by atoms with Crippen molar-refractivity contribution in [3.05, 3.63) is 51.6 Å². The zero-order valence-electron chi connectivity index (χ0n) is 23.1. The first-order valence-corrected chi connectivity index (χ1v) is 13.2. The molecule has 2 aromatic rings. The van der Waals surface area contributed by atoms with Gasteiger partial charge in [0.25, 0.3) is 0 Å². The Morgan fingerprint density at radius 2 is 1.80 bits per heavy atom. The van der Waals surface area contributed by atoms with Crippen molar-refractivity contribution >= 4 is 17.3 Å². The van der Waals surface area contributed by atoms with E-state index in [1.54, 1.807) is 25.9 Å². The van der Waals surface area contributed by atoms with Crippen LogP contribution in [0.15, 0.2) is 18.2 Å². The number of phenols is 2. The molecule has 1 fully saturated rings. The lowest BCUT2D eigenvalue weighted by molar-refractivity contribution is -0.256. The van der Waals surface area contributed by atoms with Gasteiger partial charge in [0.05, 0.1) is 42.1 Å². The van der Waals surface area contributed by atoms with Crippen molar-refractivity contribution in [1.29, 1.82) is 0 Å². The summed E-state index contributed by atoms with van der Waals surface area (Å²) in [5.41, 5.74) is -3.51. The molecule has 1 saturated heterocycles. The molecule has 5 N–H and O–H groups in total. The largest absolute Gasteiger partial charge is 0.507 e. The molecule has 1 aliphatic heterocycles. The molecule has 0 saturated carbocycles. The lowest BCUT2D eigenvalue weighted by atomic mass is 9.72. The molecule has 5 rings (SSSR count). The number of fused-ring (bicyclic) bond motifs is 3. The van der Waals surface area contributed by atoms with E-state index in [9.17, 15) is 39.9 Å². The number of phenolic OH excluding ortho intramolecular Hbond substituents is 2. The fourth-order valence-corrected chi connectivity index (χ4v) is 6.21. The molecule has 12 nitrogen and oxygen atoms in total. The van der Waals surface area contributed by atoms with Crippen LogP contribution in [-0.4, -0.2) is 106 Å². The van der Waals surface area contributed by atoms with Crippen molar-refractivity contribution < 1.29 is 54.1 Å². The van der Waals surface area contributed by atoms with Gasteiger partial charge in [-0.2, -0.15) is 0 Å². The molecule has 12 heteroatoms. The second kappa shape index (κ2) is 10.5. The molecule has 0 unspecified atom stereocenters. The van der Waals surface area contributed by atoms with Crippen LogP contribution < -0.4 is 4.74 Å². The third-order valence-electron chi connectivity index (χ3n) is 8.39. The van der Waals surface area contributed by atoms with Crippen LogP contribution in [0.2, 0.25) is 0 Å². The highest BCUT2D eigenvalue weighted by molar-refractivity contribution is 6.31. The number of Topliss-reactive ketones (excluding diaryl/α,β-unsaturated/α-hetero) is 1. The number of likely N-dealkylation sites (N-methyl/N-ethyl adjacent to an activating group) is 1. The van der Waals surface area contributed by atoms with Crippen molar-refractivity contribution in [1.82, 2.24) is 4.90 Å². The first kappa shape index (κ1) is 29.1. The number of aliphatic hydroxyl groups is 3. The Balaban J connectivity index is 1.67. The number of hydrogen-bond donors (Lipinski definition) is 5. The van der Waals surface area contributed by atoms with Gasteiger partial charge >= 0.3 is 0 Å². The van der Waals surface area contributed by atoms with Crippen molar-refractivity contribution in [2.45, 2.75) is 62.4 Å². The highest BCUT2D eigenvalue weighted by Gasteiger charge is 2.50. The second-order valence-corrected chi connectivity index (χ2v) is 11.0. The minimum absolute atomic E-state index is 0.0420. The second-order valence-electron chi connectivity index (χ2n) is 11.0. The highest BCUT2D eigenvalue weighted by Crippen LogP contribution is 2.52. The van der Waals surface area contributed by atoms with E-state index in [1.807, 2.05) is 0 Å². The zero-order chi connectivity index (χ0) is 30.0. The first-order valence-electron chi connectivity index (χ1n) is 13.2. The van der Waals surface area contributed by atoms with Crippen LogP contribution in [0.4, 0.5) is 0 Å². The van der Waals surface area contributed by atoms with Gasteiger partial charge in [0.15, 0.2) is 17.9 Å². The number of aromatic hydroxyl groups is 2. The SMILES string of the molecule is COc1cccc2c1C(=O)c1c(O)c3c(c(O)c1C2=O)C[C@@](O)(C(=O)CO)C[C@H]3O[C@H]1C[C@@H](N(C)C)[C@H](O)[C@@H](C)O1. The van der Waals surface area contributed by atoms with Gasteiger partial charge in [-0.15, -0.1) is 0 Å². The molecule has 1 heterocycles. The van der Waals surface area contributed by atoms with Crippen molar-refractivity contribution in [3.63, 3.8) is 0 Å². The Morgan fingerprint density at radius 3 is 2.44 bits per heavy atom. The van der Waals surface area contributed by atoms with Gasteiger partial charge < -0.3 is 44.6 Å². The van der Waals surface area contributed by atoms with Gasteiger partial charge in [-0.1, -0.05) is 12.1 Å². The number of hydrogen-bond acceptors (Lipinski definition) is 12. The van der Waals surface area contributed by atoms with E-state index in [1.165, 1.54) is 25.3 Å². The molecule has 2 aliphatic carbocycles. The van der Waals surface area contributed by atoms with Crippen LogP contribution in [0.3, 0.4) is 0 Å². The number of methoxy groups -OCH3 is 1. The lowest BCUT2D eigenvalue weighted by Gasteiger charge is -2.44. The molecule has 6 atom stereocenters. The summed E-state index contributed by atoms with van der Waals surface area (Å²) >= 11 is 0. The number of benzene rings is 2. The zero-order valence-corrected chi connectivity index (χ0v) is 23.1. The van der Waals surface area contributed by atoms with Crippen molar-refractivity contribution in [2.24, 2.45) is 0 Å².